The monoisotopic (exact) mass is 416 g/mol. The molecule has 0 heterocycles. The van der Waals surface area contributed by atoms with Crippen molar-refractivity contribution in [3.05, 3.63) is 83.4 Å². The van der Waals surface area contributed by atoms with Gasteiger partial charge in [0.1, 0.15) is 0 Å². The third kappa shape index (κ3) is 4.57. The highest BCUT2D eigenvalue weighted by Crippen LogP contribution is 2.37. The molecule has 0 spiro atoms. The van der Waals surface area contributed by atoms with Crippen molar-refractivity contribution in [3.8, 4) is 11.1 Å². The maximum atomic E-state index is 12.6. The van der Waals surface area contributed by atoms with Crippen LogP contribution in [0.5, 0.6) is 0 Å². The van der Waals surface area contributed by atoms with Crippen LogP contribution in [-0.2, 0) is 16.0 Å². The fraction of sp³-hybridized carbons (Fsp3) is 0.200. The van der Waals surface area contributed by atoms with E-state index in [9.17, 15) is 9.59 Å². The first-order valence-corrected chi connectivity index (χ1v) is 11.0. The van der Waals surface area contributed by atoms with E-state index in [0.717, 1.165) is 23.4 Å². The number of amides is 2. The van der Waals surface area contributed by atoms with Gasteiger partial charge in [-0.1, -0.05) is 48.0 Å². The Kier molecular flexibility index (Phi) is 5.91. The quantitative estimate of drug-likeness (QED) is 0.450. The number of benzene rings is 3. The molecule has 1 atom stereocenters. The van der Waals surface area contributed by atoms with Crippen molar-refractivity contribution in [2.45, 2.75) is 25.5 Å². The molecule has 2 amide bonds. The third-order valence-electron chi connectivity index (χ3n) is 5.23. The van der Waals surface area contributed by atoms with E-state index in [2.05, 4.69) is 47.0 Å². The zero-order valence-corrected chi connectivity index (χ0v) is 17.9. The number of fused-ring (bicyclic) bond motifs is 3. The Morgan fingerprint density at radius 2 is 1.60 bits per heavy atom. The number of aryl methyl sites for hydroxylation is 1. The van der Waals surface area contributed by atoms with Crippen LogP contribution in [0.2, 0.25) is 0 Å². The van der Waals surface area contributed by atoms with Crippen molar-refractivity contribution >= 4 is 35.0 Å². The molecule has 1 aliphatic rings. The molecule has 0 fully saturated rings. The van der Waals surface area contributed by atoms with Crippen LogP contribution in [0.3, 0.4) is 0 Å². The Hall–Kier alpha value is -3.05. The molecule has 1 unspecified atom stereocenters. The van der Waals surface area contributed by atoms with Gasteiger partial charge in [-0.2, -0.15) is 0 Å². The summed E-state index contributed by atoms with van der Waals surface area (Å²) >= 11 is 1.33. The number of anilines is 2. The van der Waals surface area contributed by atoms with E-state index >= 15 is 0 Å². The lowest BCUT2D eigenvalue weighted by atomic mass is 10.1. The second-order valence-electron chi connectivity index (χ2n) is 7.56. The summed E-state index contributed by atoms with van der Waals surface area (Å²) in [5, 5.41) is 5.51. The zero-order chi connectivity index (χ0) is 21.1. The van der Waals surface area contributed by atoms with Crippen molar-refractivity contribution in [1.29, 1.82) is 0 Å². The summed E-state index contributed by atoms with van der Waals surface area (Å²) in [5.41, 5.74) is 7.76. The van der Waals surface area contributed by atoms with E-state index in [1.165, 1.54) is 34.0 Å². The van der Waals surface area contributed by atoms with Gasteiger partial charge in [-0.05, 0) is 66.8 Å². The Labute approximate surface area is 181 Å². The summed E-state index contributed by atoms with van der Waals surface area (Å²) in [4.78, 5) is 24.7. The highest BCUT2D eigenvalue weighted by Gasteiger charge is 2.20. The maximum absolute atomic E-state index is 12.6. The molecule has 0 aromatic heterocycles. The number of rotatable bonds is 6. The van der Waals surface area contributed by atoms with Crippen LogP contribution in [-0.4, -0.2) is 22.8 Å². The van der Waals surface area contributed by atoms with Crippen molar-refractivity contribution < 1.29 is 9.59 Å². The lowest BCUT2D eigenvalue weighted by molar-refractivity contribution is -0.115. The molecule has 152 valence electrons. The highest BCUT2D eigenvalue weighted by molar-refractivity contribution is 8.01. The topological polar surface area (TPSA) is 58.2 Å². The molecule has 0 bridgehead atoms. The largest absolute Gasteiger partial charge is 0.325 e. The van der Waals surface area contributed by atoms with Gasteiger partial charge in [-0.3, -0.25) is 9.59 Å². The lowest BCUT2D eigenvalue weighted by Crippen LogP contribution is -2.25. The van der Waals surface area contributed by atoms with Crippen LogP contribution in [0.1, 0.15) is 23.6 Å². The molecule has 4 nitrogen and oxygen atoms in total. The van der Waals surface area contributed by atoms with Gasteiger partial charge in [0.05, 0.1) is 11.0 Å². The Morgan fingerprint density at radius 3 is 2.40 bits per heavy atom. The maximum Gasteiger partial charge on any atom is 0.237 e. The van der Waals surface area contributed by atoms with Gasteiger partial charge in [-0.25, -0.2) is 0 Å². The first kappa shape index (κ1) is 20.2. The van der Waals surface area contributed by atoms with E-state index in [-0.39, 0.29) is 22.8 Å². The average Bonchev–Trinajstić information content (AvgIpc) is 3.11. The van der Waals surface area contributed by atoms with Crippen LogP contribution in [0.4, 0.5) is 11.4 Å². The zero-order valence-electron chi connectivity index (χ0n) is 17.1. The van der Waals surface area contributed by atoms with E-state index in [0.29, 0.717) is 0 Å². The van der Waals surface area contributed by atoms with Crippen LogP contribution < -0.4 is 10.6 Å². The lowest BCUT2D eigenvalue weighted by Gasteiger charge is -2.13. The summed E-state index contributed by atoms with van der Waals surface area (Å²) in [7, 11) is 0. The molecular weight excluding hydrogens is 392 g/mol. The molecule has 2 N–H and O–H groups in total. The first-order valence-electron chi connectivity index (χ1n) is 10.00. The minimum absolute atomic E-state index is 0.0985. The van der Waals surface area contributed by atoms with Crippen LogP contribution in [0, 0.1) is 6.92 Å². The van der Waals surface area contributed by atoms with Gasteiger partial charge in [0.2, 0.25) is 11.8 Å². The van der Waals surface area contributed by atoms with Gasteiger partial charge in [0, 0.05) is 11.4 Å². The predicted octanol–water partition coefficient (Wildman–Crippen LogP) is 5.27. The number of hydrogen-bond acceptors (Lipinski definition) is 3. The van der Waals surface area contributed by atoms with Crippen LogP contribution in [0.25, 0.3) is 11.1 Å². The molecule has 0 aliphatic heterocycles. The van der Waals surface area contributed by atoms with Gasteiger partial charge >= 0.3 is 0 Å². The number of carbonyl (C=O) groups is 2. The second kappa shape index (κ2) is 8.76. The molecule has 5 heteroatoms. The SMILES string of the molecule is Cc1ccc(NC(=O)CSC(C)C(=O)Nc2ccc3c(c2)Cc2ccccc2-3)cc1. The van der Waals surface area contributed by atoms with Crippen molar-refractivity contribution in [2.75, 3.05) is 16.4 Å². The fourth-order valence-electron chi connectivity index (χ4n) is 3.58. The number of hydrogen-bond donors (Lipinski definition) is 2. The summed E-state index contributed by atoms with van der Waals surface area (Å²) in [6.07, 6.45) is 0.888. The minimum Gasteiger partial charge on any atom is -0.325 e. The molecule has 1 aliphatic carbocycles. The van der Waals surface area contributed by atoms with Gasteiger partial charge in [0.15, 0.2) is 0 Å². The molecular formula is C25H24N2O2S. The van der Waals surface area contributed by atoms with E-state index < -0.39 is 0 Å². The van der Waals surface area contributed by atoms with E-state index in [1.807, 2.05) is 44.2 Å². The number of thioether (sulfide) groups is 1. The van der Waals surface area contributed by atoms with Crippen molar-refractivity contribution in [2.24, 2.45) is 0 Å². The second-order valence-corrected chi connectivity index (χ2v) is 8.89. The third-order valence-corrected chi connectivity index (χ3v) is 6.37. The van der Waals surface area contributed by atoms with Gasteiger partial charge < -0.3 is 10.6 Å². The molecule has 0 radical (unpaired) electrons. The Bertz CT molecular complexity index is 1090. The van der Waals surface area contributed by atoms with Crippen molar-refractivity contribution in [3.63, 3.8) is 0 Å². The Balaban J connectivity index is 1.30. The molecule has 0 saturated carbocycles. The first-order chi connectivity index (χ1) is 14.5. The van der Waals surface area contributed by atoms with Gasteiger partial charge in [0.25, 0.3) is 0 Å². The minimum atomic E-state index is -0.334. The molecule has 3 aromatic carbocycles. The standard InChI is InChI=1S/C25H24N2O2S/c1-16-7-9-20(10-8-16)26-24(28)15-30-17(2)25(29)27-21-11-12-23-19(14-21)13-18-5-3-4-6-22(18)23/h3-12,14,17H,13,15H2,1-2H3,(H,26,28)(H,27,29). The molecule has 0 saturated heterocycles. The summed E-state index contributed by atoms with van der Waals surface area (Å²) in [6, 6.07) is 22.1. The summed E-state index contributed by atoms with van der Waals surface area (Å²) in [5.74, 6) is 0.0134. The van der Waals surface area contributed by atoms with Gasteiger partial charge in [-0.15, -0.1) is 11.8 Å². The number of carbonyl (C=O) groups excluding carboxylic acids is 2. The normalized spacial score (nSPS) is 12.6. The molecule has 3 aromatic rings. The van der Waals surface area contributed by atoms with E-state index in [4.69, 9.17) is 0 Å². The Morgan fingerprint density at radius 1 is 0.900 bits per heavy atom. The summed E-state index contributed by atoms with van der Waals surface area (Å²) < 4.78 is 0. The fourth-order valence-corrected chi connectivity index (χ4v) is 4.26. The predicted molar refractivity (Wildman–Crippen MR) is 125 cm³/mol. The highest BCUT2D eigenvalue weighted by atomic mass is 32.2. The van der Waals surface area contributed by atoms with Crippen LogP contribution >= 0.6 is 11.8 Å². The van der Waals surface area contributed by atoms with E-state index in [1.54, 1.807) is 0 Å². The van der Waals surface area contributed by atoms with Crippen molar-refractivity contribution in [1.82, 2.24) is 0 Å². The van der Waals surface area contributed by atoms with Crippen LogP contribution in [0.15, 0.2) is 66.7 Å². The molecule has 30 heavy (non-hydrogen) atoms. The smallest absolute Gasteiger partial charge is 0.237 e. The number of nitrogens with one attached hydrogen (secondary N) is 2. The summed E-state index contributed by atoms with van der Waals surface area (Å²) in [6.45, 7) is 3.82. The molecule has 4 rings (SSSR count). The average molecular weight is 417 g/mol.